The van der Waals surface area contributed by atoms with E-state index in [9.17, 15) is 9.59 Å². The monoisotopic (exact) mass is 378 g/mol. The third-order valence-corrected chi connectivity index (χ3v) is 5.47. The summed E-state index contributed by atoms with van der Waals surface area (Å²) in [6.45, 7) is 4.54. The molecule has 4 heteroatoms. The highest BCUT2D eigenvalue weighted by atomic mass is 35.5. The molecular weight excluding hydrogens is 343 g/mol. The van der Waals surface area contributed by atoms with Crippen molar-refractivity contribution in [1.82, 2.24) is 0 Å². The molecule has 0 spiro atoms. The first kappa shape index (κ1) is 23.9. The molecular formula is C20H36Cl2O2. The van der Waals surface area contributed by atoms with E-state index in [0.29, 0.717) is 6.42 Å². The number of unbranched alkanes of at least 4 members (excludes halogenated alkanes) is 8. The summed E-state index contributed by atoms with van der Waals surface area (Å²) >= 11 is 10.8. The largest absolute Gasteiger partial charge is 0.280 e. The predicted molar refractivity (Wildman–Crippen MR) is 105 cm³/mol. The Kier molecular flexibility index (Phi) is 16.3. The van der Waals surface area contributed by atoms with Crippen LogP contribution in [0.15, 0.2) is 0 Å². The highest BCUT2D eigenvalue weighted by molar-refractivity contribution is 6.73. The Hall–Kier alpha value is -0.0800. The van der Waals surface area contributed by atoms with Crippen LogP contribution in [0.5, 0.6) is 0 Å². The maximum absolute atomic E-state index is 11.1. The van der Waals surface area contributed by atoms with E-state index in [2.05, 4.69) is 13.8 Å². The molecule has 0 aliphatic heterocycles. The number of carbonyl (C=O) groups excluding carboxylic acids is 2. The maximum Gasteiger partial charge on any atom is 0.233 e. The molecule has 0 aliphatic carbocycles. The van der Waals surface area contributed by atoms with Gasteiger partial charge in [-0.25, -0.2) is 0 Å². The van der Waals surface area contributed by atoms with Gasteiger partial charge in [-0.2, -0.15) is 0 Å². The van der Waals surface area contributed by atoms with Gasteiger partial charge in [0.25, 0.3) is 0 Å². The van der Waals surface area contributed by atoms with Crippen molar-refractivity contribution in [3.05, 3.63) is 0 Å². The van der Waals surface area contributed by atoms with Crippen LogP contribution in [0.3, 0.4) is 0 Å². The number of hydrogen-bond acceptors (Lipinski definition) is 2. The molecule has 0 aromatic heterocycles. The van der Waals surface area contributed by atoms with Crippen LogP contribution in [-0.2, 0) is 9.59 Å². The van der Waals surface area contributed by atoms with Crippen LogP contribution in [-0.4, -0.2) is 10.5 Å². The zero-order chi connectivity index (χ0) is 18.2. The lowest BCUT2D eigenvalue weighted by Crippen LogP contribution is -2.15. The second-order valence-electron chi connectivity index (χ2n) is 6.98. The number of hydrogen-bond donors (Lipinski definition) is 0. The molecule has 0 amide bonds. The molecule has 0 aromatic rings. The molecule has 0 bridgehead atoms. The fourth-order valence-electron chi connectivity index (χ4n) is 3.22. The fourth-order valence-corrected chi connectivity index (χ4v) is 3.69. The zero-order valence-electron chi connectivity index (χ0n) is 15.6. The second-order valence-corrected chi connectivity index (χ2v) is 7.73. The number of carbonyl (C=O) groups is 2. The van der Waals surface area contributed by atoms with Crippen molar-refractivity contribution in [1.29, 1.82) is 0 Å². The molecule has 2 nitrogen and oxygen atoms in total. The van der Waals surface area contributed by atoms with Crippen molar-refractivity contribution in [2.75, 3.05) is 0 Å². The molecule has 0 aromatic carbocycles. The maximum atomic E-state index is 11.1. The van der Waals surface area contributed by atoms with Crippen molar-refractivity contribution in [2.45, 2.75) is 104 Å². The van der Waals surface area contributed by atoms with E-state index >= 15 is 0 Å². The van der Waals surface area contributed by atoms with Crippen LogP contribution >= 0.6 is 23.2 Å². The third kappa shape index (κ3) is 13.2. The van der Waals surface area contributed by atoms with Crippen LogP contribution in [0.2, 0.25) is 0 Å². The average molecular weight is 379 g/mol. The lowest BCUT2D eigenvalue weighted by molar-refractivity contribution is -0.124. The van der Waals surface area contributed by atoms with Gasteiger partial charge in [0.15, 0.2) is 0 Å². The average Bonchev–Trinajstić information content (AvgIpc) is 2.54. The van der Waals surface area contributed by atoms with Gasteiger partial charge in [0, 0.05) is 0 Å². The third-order valence-electron chi connectivity index (χ3n) is 4.95. The zero-order valence-corrected chi connectivity index (χ0v) is 17.1. The van der Waals surface area contributed by atoms with Gasteiger partial charge in [-0.1, -0.05) is 97.3 Å². The van der Waals surface area contributed by atoms with Crippen LogP contribution < -0.4 is 0 Å². The molecule has 0 saturated heterocycles. The van der Waals surface area contributed by atoms with Gasteiger partial charge >= 0.3 is 0 Å². The van der Waals surface area contributed by atoms with E-state index in [0.717, 1.165) is 25.2 Å². The van der Waals surface area contributed by atoms with Crippen LogP contribution in [0.1, 0.15) is 104 Å². The Bertz CT molecular complexity index is 318. The normalized spacial score (nSPS) is 12.5. The molecule has 1 atom stereocenters. The highest BCUT2D eigenvalue weighted by Gasteiger charge is 2.22. The van der Waals surface area contributed by atoms with Crippen LogP contribution in [0.25, 0.3) is 0 Å². The molecule has 0 fully saturated rings. The molecule has 0 heterocycles. The predicted octanol–water partition coefficient (Wildman–Crippen LogP) is 7.25. The Morgan fingerprint density at radius 1 is 0.667 bits per heavy atom. The van der Waals surface area contributed by atoms with Crippen LogP contribution in [0.4, 0.5) is 0 Å². The first-order valence-corrected chi connectivity index (χ1v) is 10.7. The summed E-state index contributed by atoms with van der Waals surface area (Å²) in [5, 5.41) is -1.25. The summed E-state index contributed by atoms with van der Waals surface area (Å²) in [7, 11) is 0. The minimum Gasteiger partial charge on any atom is -0.280 e. The molecule has 1 unspecified atom stereocenters. The summed E-state index contributed by atoms with van der Waals surface area (Å²) in [4.78, 5) is 22.2. The Morgan fingerprint density at radius 3 is 1.54 bits per heavy atom. The molecule has 0 rings (SSSR count). The lowest BCUT2D eigenvalue weighted by Gasteiger charge is -2.15. The Labute approximate surface area is 159 Å². The van der Waals surface area contributed by atoms with Gasteiger partial charge in [-0.15, -0.1) is 0 Å². The van der Waals surface area contributed by atoms with Gasteiger partial charge in [0.2, 0.25) is 10.5 Å². The van der Waals surface area contributed by atoms with Gasteiger partial charge in [0.05, 0.1) is 0 Å². The van der Waals surface area contributed by atoms with Crippen molar-refractivity contribution in [3.8, 4) is 0 Å². The minimum atomic E-state index is -0.817. The van der Waals surface area contributed by atoms with Gasteiger partial charge in [-0.3, -0.25) is 9.59 Å². The van der Waals surface area contributed by atoms with E-state index in [1.807, 2.05) is 0 Å². The Balaban J connectivity index is 3.64. The van der Waals surface area contributed by atoms with Crippen LogP contribution in [0, 0.1) is 11.8 Å². The Morgan fingerprint density at radius 2 is 1.08 bits per heavy atom. The van der Waals surface area contributed by atoms with Gasteiger partial charge < -0.3 is 0 Å². The van der Waals surface area contributed by atoms with E-state index < -0.39 is 16.4 Å². The van der Waals surface area contributed by atoms with E-state index in [4.69, 9.17) is 23.2 Å². The van der Waals surface area contributed by atoms with Crippen molar-refractivity contribution in [3.63, 3.8) is 0 Å². The molecule has 0 saturated carbocycles. The molecule has 0 aliphatic rings. The topological polar surface area (TPSA) is 34.1 Å². The summed E-state index contributed by atoms with van der Waals surface area (Å²) in [5.74, 6) is 0.00349. The molecule has 0 N–H and O–H groups in total. The summed E-state index contributed by atoms with van der Waals surface area (Å²) in [5.41, 5.74) is 0. The standard InChI is InChI=1S/C20H36Cl2O2/c1-3-5-6-7-8-9-11-14-17(4-2)15-12-10-13-16-18(19(21)23)20(22)24/h17-18H,3-16H2,1-2H3. The summed E-state index contributed by atoms with van der Waals surface area (Å²) in [6, 6.07) is 0. The molecule has 24 heavy (non-hydrogen) atoms. The highest BCUT2D eigenvalue weighted by Crippen LogP contribution is 2.22. The van der Waals surface area contributed by atoms with Crippen molar-refractivity contribution < 1.29 is 9.59 Å². The number of halogens is 2. The van der Waals surface area contributed by atoms with E-state index in [1.54, 1.807) is 0 Å². The fraction of sp³-hybridized carbons (Fsp3) is 0.900. The molecule has 142 valence electrons. The molecule has 0 radical (unpaired) electrons. The SMILES string of the molecule is CCCCCCCCCC(CC)CCCCCC(C(=O)Cl)C(=O)Cl. The van der Waals surface area contributed by atoms with Crippen molar-refractivity contribution >= 4 is 33.7 Å². The summed E-state index contributed by atoms with van der Waals surface area (Å²) < 4.78 is 0. The van der Waals surface area contributed by atoms with Gasteiger partial charge in [-0.05, 0) is 35.5 Å². The smallest absolute Gasteiger partial charge is 0.233 e. The van der Waals surface area contributed by atoms with Gasteiger partial charge in [0.1, 0.15) is 5.92 Å². The minimum absolute atomic E-state index is 0.485. The second kappa shape index (κ2) is 16.4. The number of rotatable bonds is 17. The lowest BCUT2D eigenvalue weighted by atomic mass is 9.92. The first-order valence-electron chi connectivity index (χ1n) is 9.91. The van der Waals surface area contributed by atoms with E-state index in [1.165, 1.54) is 64.2 Å². The first-order chi connectivity index (χ1) is 11.5. The van der Waals surface area contributed by atoms with Crippen molar-refractivity contribution in [2.24, 2.45) is 11.8 Å². The quantitative estimate of drug-likeness (QED) is 0.151. The van der Waals surface area contributed by atoms with E-state index in [-0.39, 0.29) is 0 Å². The summed E-state index contributed by atoms with van der Waals surface area (Å²) in [6.07, 6.45) is 17.0.